The number of anilines is 1. The highest BCUT2D eigenvalue weighted by Crippen LogP contribution is 2.35. The summed E-state index contributed by atoms with van der Waals surface area (Å²) >= 11 is 0. The number of rotatable bonds is 6. The van der Waals surface area contributed by atoms with Crippen LogP contribution in [-0.2, 0) is 4.79 Å². The van der Waals surface area contributed by atoms with Crippen molar-refractivity contribution in [3.8, 4) is 17.2 Å². The lowest BCUT2D eigenvalue weighted by Gasteiger charge is -2.25. The third-order valence-electron chi connectivity index (χ3n) is 5.28. The highest BCUT2D eigenvalue weighted by atomic mass is 16.6. The van der Waals surface area contributed by atoms with Gasteiger partial charge >= 0.3 is 0 Å². The summed E-state index contributed by atoms with van der Waals surface area (Å²) < 4.78 is 11.6. The molecular weight excluding hydrogens is 394 g/mol. The summed E-state index contributed by atoms with van der Waals surface area (Å²) in [6.07, 6.45) is 0.592. The predicted molar refractivity (Wildman–Crippen MR) is 121 cm³/mol. The maximum absolute atomic E-state index is 12.5. The van der Waals surface area contributed by atoms with E-state index in [1.807, 2.05) is 42.5 Å². The number of benzene rings is 3. The Hall–Kier alpha value is -3.74. The molecule has 2 N–H and O–H groups in total. The van der Waals surface area contributed by atoms with Gasteiger partial charge in [-0.15, -0.1) is 0 Å². The van der Waals surface area contributed by atoms with Gasteiger partial charge in [-0.2, -0.15) is 5.10 Å². The first-order chi connectivity index (χ1) is 15.1. The minimum atomic E-state index is -0.815. The Labute approximate surface area is 180 Å². The molecule has 1 aliphatic heterocycles. The van der Waals surface area contributed by atoms with Gasteiger partial charge in [-0.1, -0.05) is 24.3 Å². The molecule has 1 atom stereocenters. The summed E-state index contributed by atoms with van der Waals surface area (Å²) in [6.45, 7) is 5.91. The number of hydrogen-bond acceptors (Lipinski definition) is 6. The molecule has 0 spiro atoms. The molecule has 0 aliphatic carbocycles. The minimum absolute atomic E-state index is 0.0938. The molecule has 3 aromatic rings. The molecule has 31 heavy (non-hydrogen) atoms. The Morgan fingerprint density at radius 1 is 1.13 bits per heavy atom. The van der Waals surface area contributed by atoms with Crippen molar-refractivity contribution in [2.24, 2.45) is 5.10 Å². The van der Waals surface area contributed by atoms with Gasteiger partial charge in [0.05, 0.1) is 6.21 Å². The smallest absolute Gasteiger partial charge is 0.284 e. The third-order valence-corrected chi connectivity index (χ3v) is 5.28. The number of ether oxygens (including phenoxy) is 2. The molecular formula is C24H25N3O4. The Balaban J connectivity index is 1.40. The summed E-state index contributed by atoms with van der Waals surface area (Å²) in [7, 11) is 0. The molecule has 7 nitrogen and oxygen atoms in total. The van der Waals surface area contributed by atoms with Crippen molar-refractivity contribution in [1.29, 1.82) is 0 Å². The number of phenolic OH excluding ortho intramolecular Hbond substituents is 1. The monoisotopic (exact) mass is 419 g/mol. The lowest BCUT2D eigenvalue weighted by atomic mass is 10.1. The topological polar surface area (TPSA) is 83.4 Å². The first-order valence-corrected chi connectivity index (χ1v) is 10.3. The van der Waals surface area contributed by atoms with Crippen LogP contribution >= 0.6 is 0 Å². The van der Waals surface area contributed by atoms with E-state index < -0.39 is 12.0 Å². The normalized spacial score (nSPS) is 15.2. The minimum Gasteiger partial charge on any atom is -0.507 e. The van der Waals surface area contributed by atoms with E-state index in [9.17, 15) is 9.90 Å². The zero-order chi connectivity index (χ0) is 21.8. The van der Waals surface area contributed by atoms with Crippen LogP contribution in [0.15, 0.2) is 59.7 Å². The van der Waals surface area contributed by atoms with E-state index in [2.05, 4.69) is 29.3 Å². The Kier molecular flexibility index (Phi) is 5.93. The van der Waals surface area contributed by atoms with Crippen LogP contribution in [0, 0.1) is 0 Å². The van der Waals surface area contributed by atoms with Gasteiger partial charge in [-0.25, -0.2) is 5.43 Å². The average molecular weight is 419 g/mol. The number of nitrogens with zero attached hydrogens (tertiary/aromatic N) is 2. The van der Waals surface area contributed by atoms with Gasteiger partial charge in [0.25, 0.3) is 5.91 Å². The second-order valence-electron chi connectivity index (χ2n) is 7.21. The van der Waals surface area contributed by atoms with Gasteiger partial charge in [0.2, 0.25) is 6.10 Å². The number of aromatic hydroxyl groups is 1. The molecule has 160 valence electrons. The van der Waals surface area contributed by atoms with Gasteiger partial charge in [-0.05, 0) is 48.9 Å². The summed E-state index contributed by atoms with van der Waals surface area (Å²) in [5.41, 5.74) is 3.90. The van der Waals surface area contributed by atoms with Gasteiger partial charge in [0, 0.05) is 30.4 Å². The molecule has 3 aromatic carbocycles. The molecule has 0 saturated carbocycles. The van der Waals surface area contributed by atoms with Crippen LogP contribution in [0.25, 0.3) is 10.8 Å². The lowest BCUT2D eigenvalue weighted by Crippen LogP contribution is -2.42. The van der Waals surface area contributed by atoms with Crippen molar-refractivity contribution in [1.82, 2.24) is 5.43 Å². The van der Waals surface area contributed by atoms with E-state index in [0.29, 0.717) is 17.1 Å². The fourth-order valence-corrected chi connectivity index (χ4v) is 3.55. The third kappa shape index (κ3) is 4.40. The van der Waals surface area contributed by atoms with Crippen LogP contribution in [0.2, 0.25) is 0 Å². The molecule has 1 aliphatic rings. The highest BCUT2D eigenvalue weighted by Gasteiger charge is 2.27. The highest BCUT2D eigenvalue weighted by molar-refractivity contribution is 5.88. The zero-order valence-electron chi connectivity index (χ0n) is 17.5. The van der Waals surface area contributed by atoms with Crippen molar-refractivity contribution in [3.63, 3.8) is 0 Å². The van der Waals surface area contributed by atoms with Gasteiger partial charge < -0.3 is 19.5 Å². The summed E-state index contributed by atoms with van der Waals surface area (Å²) in [4.78, 5) is 14.6. The van der Waals surface area contributed by atoms with Gasteiger partial charge in [0.15, 0.2) is 11.5 Å². The number of hydrogen-bond donors (Lipinski definition) is 2. The van der Waals surface area contributed by atoms with E-state index in [1.165, 1.54) is 6.21 Å². The van der Waals surface area contributed by atoms with Crippen LogP contribution in [0.5, 0.6) is 17.2 Å². The number of carbonyl (C=O) groups is 1. The summed E-state index contributed by atoms with van der Waals surface area (Å²) in [6, 6.07) is 17.0. The maximum Gasteiger partial charge on any atom is 0.284 e. The largest absolute Gasteiger partial charge is 0.507 e. The van der Waals surface area contributed by atoms with Crippen LogP contribution in [0.3, 0.4) is 0 Å². The Morgan fingerprint density at radius 3 is 2.52 bits per heavy atom. The molecule has 0 radical (unpaired) electrons. The van der Waals surface area contributed by atoms with Crippen LogP contribution in [0.1, 0.15) is 19.4 Å². The fraction of sp³-hybridized carbons (Fsp3) is 0.250. The lowest BCUT2D eigenvalue weighted by molar-refractivity contribution is -0.130. The molecule has 0 aromatic heterocycles. The molecule has 1 heterocycles. The maximum atomic E-state index is 12.5. The molecule has 1 amide bonds. The number of hydrazone groups is 1. The molecule has 7 heteroatoms. The van der Waals surface area contributed by atoms with E-state index in [0.717, 1.165) is 29.5 Å². The van der Waals surface area contributed by atoms with E-state index in [4.69, 9.17) is 9.47 Å². The quantitative estimate of drug-likeness (QED) is 0.470. The second kappa shape index (κ2) is 8.95. The molecule has 1 unspecified atom stereocenters. The Morgan fingerprint density at radius 2 is 1.84 bits per heavy atom. The van der Waals surface area contributed by atoms with Crippen molar-refractivity contribution in [2.75, 3.05) is 24.6 Å². The number of nitrogens with one attached hydrogen (secondary N) is 1. The van der Waals surface area contributed by atoms with Crippen molar-refractivity contribution in [2.45, 2.75) is 20.0 Å². The number of carbonyl (C=O) groups excluding carboxylic acids is 1. The number of phenols is 1. The molecule has 0 saturated heterocycles. The molecule has 4 rings (SSSR count). The first kappa shape index (κ1) is 20.5. The van der Waals surface area contributed by atoms with E-state index >= 15 is 0 Å². The second-order valence-corrected chi connectivity index (χ2v) is 7.21. The van der Waals surface area contributed by atoms with Gasteiger partial charge in [-0.3, -0.25) is 4.79 Å². The van der Waals surface area contributed by atoms with E-state index in [-0.39, 0.29) is 12.4 Å². The van der Waals surface area contributed by atoms with Crippen LogP contribution < -0.4 is 19.8 Å². The zero-order valence-corrected chi connectivity index (χ0v) is 17.5. The van der Waals surface area contributed by atoms with Crippen molar-refractivity contribution in [3.05, 3.63) is 60.2 Å². The van der Waals surface area contributed by atoms with Crippen molar-refractivity contribution >= 4 is 28.6 Å². The first-order valence-electron chi connectivity index (χ1n) is 10.3. The summed E-state index contributed by atoms with van der Waals surface area (Å²) in [5, 5.41) is 16.3. The molecule has 0 fully saturated rings. The van der Waals surface area contributed by atoms with Crippen LogP contribution in [0.4, 0.5) is 5.69 Å². The number of amides is 1. The fourth-order valence-electron chi connectivity index (χ4n) is 3.55. The van der Waals surface area contributed by atoms with Crippen LogP contribution in [-0.4, -0.2) is 43.0 Å². The average Bonchev–Trinajstić information content (AvgIpc) is 2.79. The number of fused-ring (bicyclic) bond motifs is 2. The van der Waals surface area contributed by atoms with E-state index in [1.54, 1.807) is 12.1 Å². The van der Waals surface area contributed by atoms with Crippen molar-refractivity contribution < 1.29 is 19.4 Å². The standard InChI is InChI=1S/C24H25N3O4/c1-3-27(4-2)19-10-9-18(20(28)13-19)14-25-26-24(29)23-15-30-21-11-16-7-5-6-8-17(16)12-22(21)31-23/h5-14,23,28H,3-4,15H2,1-2H3,(H,26,29). The van der Waals surface area contributed by atoms with Gasteiger partial charge in [0.1, 0.15) is 12.4 Å². The predicted octanol–water partition coefficient (Wildman–Crippen LogP) is 3.68. The Bertz CT molecular complexity index is 1130. The SMILES string of the molecule is CCN(CC)c1ccc(C=NNC(=O)C2COc3cc4ccccc4cc3O2)c(O)c1. The molecule has 0 bridgehead atoms. The summed E-state index contributed by atoms with van der Waals surface area (Å²) in [5.74, 6) is 0.818.